The first-order valence-electron chi connectivity index (χ1n) is 6.11. The van der Waals surface area contributed by atoms with Crippen molar-refractivity contribution in [2.24, 2.45) is 5.73 Å². The van der Waals surface area contributed by atoms with Crippen LogP contribution in [-0.2, 0) is 19.6 Å². The number of aryl methyl sites for hydroxylation is 3. The van der Waals surface area contributed by atoms with E-state index in [0.717, 1.165) is 5.56 Å². The number of carbonyl (C=O) groups excluding carboxylic acids is 1. The smallest absolute Gasteiger partial charge is 0.325 e. The van der Waals surface area contributed by atoms with Crippen LogP contribution in [0.25, 0.3) is 0 Å². The molecule has 0 aliphatic heterocycles. The molecule has 0 radical (unpaired) electrons. The van der Waals surface area contributed by atoms with Crippen LogP contribution in [0.4, 0.5) is 0 Å². The molecule has 8 heteroatoms. The number of esters is 1. The van der Waals surface area contributed by atoms with E-state index in [1.807, 2.05) is 6.92 Å². The highest BCUT2D eigenvalue weighted by atomic mass is 35.5. The standard InChI is InChI=1S/C13H20N2O4S.ClH/c1-8-5-9(2)12(10(3)6-8)20(17,18)15-11(7-14)13(16)19-4;/h5-6,11,15H,7,14H2,1-4H3;1H. The average Bonchev–Trinajstić information content (AvgIpc) is 2.33. The monoisotopic (exact) mass is 336 g/mol. The number of carbonyl (C=O) groups is 1. The molecule has 6 nitrogen and oxygen atoms in total. The fourth-order valence-corrected chi connectivity index (χ4v) is 3.82. The van der Waals surface area contributed by atoms with Crippen molar-refractivity contribution >= 4 is 28.4 Å². The topological polar surface area (TPSA) is 98.5 Å². The molecule has 0 aliphatic carbocycles. The van der Waals surface area contributed by atoms with Crippen molar-refractivity contribution in [1.29, 1.82) is 0 Å². The molecule has 1 rings (SSSR count). The number of sulfonamides is 1. The highest BCUT2D eigenvalue weighted by molar-refractivity contribution is 7.89. The van der Waals surface area contributed by atoms with E-state index in [-0.39, 0.29) is 23.8 Å². The van der Waals surface area contributed by atoms with E-state index in [1.54, 1.807) is 26.0 Å². The van der Waals surface area contributed by atoms with Gasteiger partial charge >= 0.3 is 5.97 Å². The van der Waals surface area contributed by atoms with Gasteiger partial charge in [-0.05, 0) is 31.9 Å². The Balaban J connectivity index is 0.00000400. The Morgan fingerprint density at radius 1 is 1.29 bits per heavy atom. The van der Waals surface area contributed by atoms with Crippen LogP contribution in [0.2, 0.25) is 0 Å². The minimum atomic E-state index is -3.84. The van der Waals surface area contributed by atoms with Gasteiger partial charge in [-0.25, -0.2) is 8.42 Å². The van der Waals surface area contributed by atoms with E-state index in [2.05, 4.69) is 9.46 Å². The van der Waals surface area contributed by atoms with Crippen LogP contribution in [0.1, 0.15) is 16.7 Å². The highest BCUT2D eigenvalue weighted by Gasteiger charge is 2.27. The fourth-order valence-electron chi connectivity index (χ4n) is 2.17. The third-order valence-corrected chi connectivity index (χ3v) is 4.67. The number of hydrogen-bond donors (Lipinski definition) is 2. The molecule has 21 heavy (non-hydrogen) atoms. The molecular weight excluding hydrogens is 316 g/mol. The number of nitrogens with two attached hydrogens (primary N) is 1. The highest BCUT2D eigenvalue weighted by Crippen LogP contribution is 2.21. The summed E-state index contributed by atoms with van der Waals surface area (Å²) in [5.41, 5.74) is 7.62. The zero-order valence-electron chi connectivity index (χ0n) is 12.5. The van der Waals surface area contributed by atoms with E-state index in [1.165, 1.54) is 7.11 Å². The lowest BCUT2D eigenvalue weighted by atomic mass is 10.1. The molecule has 0 spiro atoms. The second-order valence-corrected chi connectivity index (χ2v) is 6.31. The van der Waals surface area contributed by atoms with Gasteiger partial charge in [-0.2, -0.15) is 4.72 Å². The number of nitrogens with one attached hydrogen (secondary N) is 1. The summed E-state index contributed by atoms with van der Waals surface area (Å²) in [4.78, 5) is 11.6. The summed E-state index contributed by atoms with van der Waals surface area (Å²) in [6.07, 6.45) is 0. The van der Waals surface area contributed by atoms with Crippen LogP contribution >= 0.6 is 12.4 Å². The lowest BCUT2D eigenvalue weighted by Crippen LogP contribution is -2.46. The van der Waals surface area contributed by atoms with Gasteiger partial charge in [-0.1, -0.05) is 17.7 Å². The number of hydrogen-bond acceptors (Lipinski definition) is 5. The predicted octanol–water partition coefficient (Wildman–Crippen LogP) is 0.812. The molecule has 0 bridgehead atoms. The third kappa shape index (κ3) is 4.67. The van der Waals surface area contributed by atoms with Gasteiger partial charge in [0.15, 0.2) is 0 Å². The van der Waals surface area contributed by atoms with Crippen molar-refractivity contribution in [1.82, 2.24) is 4.72 Å². The van der Waals surface area contributed by atoms with E-state index >= 15 is 0 Å². The number of benzene rings is 1. The van der Waals surface area contributed by atoms with E-state index in [9.17, 15) is 13.2 Å². The van der Waals surface area contributed by atoms with E-state index in [0.29, 0.717) is 11.1 Å². The Labute approximate surface area is 131 Å². The van der Waals surface area contributed by atoms with Crippen LogP contribution in [0.5, 0.6) is 0 Å². The quantitative estimate of drug-likeness (QED) is 0.775. The lowest BCUT2D eigenvalue weighted by Gasteiger charge is -2.17. The Hall–Kier alpha value is -1.15. The van der Waals surface area contributed by atoms with Crippen LogP contribution in [0, 0.1) is 20.8 Å². The van der Waals surface area contributed by atoms with Gasteiger partial charge in [0.25, 0.3) is 0 Å². The summed E-state index contributed by atoms with van der Waals surface area (Å²) < 4.78 is 31.6. The van der Waals surface area contributed by atoms with Crippen molar-refractivity contribution in [2.45, 2.75) is 31.7 Å². The molecule has 1 aromatic carbocycles. The second-order valence-electron chi connectivity index (χ2n) is 4.66. The van der Waals surface area contributed by atoms with Crippen molar-refractivity contribution in [2.75, 3.05) is 13.7 Å². The summed E-state index contributed by atoms with van der Waals surface area (Å²) in [6, 6.07) is 2.46. The molecule has 0 amide bonds. The number of rotatable bonds is 5. The summed E-state index contributed by atoms with van der Waals surface area (Å²) in [5.74, 6) is -0.710. The Kier molecular flexibility index (Phi) is 7.32. The zero-order valence-corrected chi connectivity index (χ0v) is 14.1. The fraction of sp³-hybridized carbons (Fsp3) is 0.462. The minimum Gasteiger partial charge on any atom is -0.468 e. The Morgan fingerprint density at radius 3 is 2.14 bits per heavy atom. The zero-order chi connectivity index (χ0) is 15.5. The van der Waals surface area contributed by atoms with Crippen LogP contribution in [0.15, 0.2) is 17.0 Å². The van der Waals surface area contributed by atoms with Crippen molar-refractivity contribution in [3.05, 3.63) is 28.8 Å². The number of halogens is 1. The lowest BCUT2D eigenvalue weighted by molar-refractivity contribution is -0.142. The summed E-state index contributed by atoms with van der Waals surface area (Å²) in [5, 5.41) is 0. The van der Waals surface area contributed by atoms with Crippen molar-refractivity contribution in [3.8, 4) is 0 Å². The molecule has 0 aliphatic rings. The second kappa shape index (κ2) is 7.74. The summed E-state index contributed by atoms with van der Waals surface area (Å²) in [6.45, 7) is 5.14. The third-order valence-electron chi connectivity index (χ3n) is 2.89. The van der Waals surface area contributed by atoms with Crippen LogP contribution < -0.4 is 10.5 Å². The van der Waals surface area contributed by atoms with Gasteiger partial charge in [-0.15, -0.1) is 12.4 Å². The number of ether oxygens (including phenoxy) is 1. The summed E-state index contributed by atoms with van der Waals surface area (Å²) >= 11 is 0. The molecule has 3 N–H and O–H groups in total. The van der Waals surface area contributed by atoms with Gasteiger partial charge in [-0.3, -0.25) is 4.79 Å². The van der Waals surface area contributed by atoms with Crippen LogP contribution in [0.3, 0.4) is 0 Å². The Bertz CT molecular complexity index is 594. The van der Waals surface area contributed by atoms with Gasteiger partial charge in [0.05, 0.1) is 12.0 Å². The molecule has 1 unspecified atom stereocenters. The van der Waals surface area contributed by atoms with Crippen molar-refractivity contribution < 1.29 is 17.9 Å². The van der Waals surface area contributed by atoms with Gasteiger partial charge in [0, 0.05) is 6.54 Å². The van der Waals surface area contributed by atoms with Gasteiger partial charge in [0.1, 0.15) is 6.04 Å². The average molecular weight is 337 g/mol. The normalized spacial score (nSPS) is 12.4. The maximum atomic E-state index is 12.4. The Morgan fingerprint density at radius 2 is 1.76 bits per heavy atom. The largest absolute Gasteiger partial charge is 0.468 e. The van der Waals surface area contributed by atoms with Crippen LogP contribution in [-0.4, -0.2) is 34.1 Å². The SMILES string of the molecule is COC(=O)C(CN)NS(=O)(=O)c1c(C)cc(C)cc1C.Cl. The first-order chi connectivity index (χ1) is 9.22. The molecule has 0 saturated carbocycles. The van der Waals surface area contributed by atoms with Gasteiger partial charge in [0.2, 0.25) is 10.0 Å². The molecule has 0 aromatic heterocycles. The minimum absolute atomic E-state index is 0. The molecule has 0 fully saturated rings. The summed E-state index contributed by atoms with van der Waals surface area (Å²) in [7, 11) is -2.65. The predicted molar refractivity (Wildman–Crippen MR) is 83.1 cm³/mol. The first-order valence-corrected chi connectivity index (χ1v) is 7.59. The first kappa shape index (κ1) is 19.9. The van der Waals surface area contributed by atoms with Gasteiger partial charge < -0.3 is 10.5 Å². The van der Waals surface area contributed by atoms with E-state index in [4.69, 9.17) is 5.73 Å². The number of methoxy groups -OCH3 is 1. The maximum absolute atomic E-state index is 12.4. The molecule has 0 heterocycles. The van der Waals surface area contributed by atoms with Crippen molar-refractivity contribution in [3.63, 3.8) is 0 Å². The van der Waals surface area contributed by atoms with E-state index < -0.39 is 22.0 Å². The molecular formula is C13H21ClN2O4S. The molecule has 1 aromatic rings. The maximum Gasteiger partial charge on any atom is 0.325 e. The molecule has 120 valence electrons. The molecule has 0 saturated heterocycles. The molecule has 1 atom stereocenters.